The van der Waals surface area contributed by atoms with Crippen LogP contribution in [-0.2, 0) is 13.0 Å². The van der Waals surface area contributed by atoms with Crippen molar-refractivity contribution in [1.29, 1.82) is 0 Å². The predicted octanol–water partition coefficient (Wildman–Crippen LogP) is 2.24. The van der Waals surface area contributed by atoms with Crippen molar-refractivity contribution in [1.82, 2.24) is 15.1 Å². The summed E-state index contributed by atoms with van der Waals surface area (Å²) in [5, 5.41) is 3.04. The van der Waals surface area contributed by atoms with Gasteiger partial charge in [0, 0.05) is 39.3 Å². The molecule has 2 aliphatic rings. The second-order valence-corrected chi connectivity index (χ2v) is 6.07. The summed E-state index contributed by atoms with van der Waals surface area (Å²) in [7, 11) is 0. The molecular weight excluding hydrogens is 262 g/mol. The van der Waals surface area contributed by atoms with Crippen molar-refractivity contribution < 1.29 is 4.79 Å². The Morgan fingerprint density at radius 3 is 2.67 bits per heavy atom. The number of amides is 2. The normalized spacial score (nSPS) is 18.6. The number of carbonyl (C=O) groups is 1. The molecule has 4 heteroatoms. The third-order valence-electron chi connectivity index (χ3n) is 4.53. The maximum absolute atomic E-state index is 11.9. The molecule has 2 amide bonds. The van der Waals surface area contributed by atoms with Crippen LogP contribution in [0.15, 0.2) is 24.3 Å². The molecule has 1 saturated heterocycles. The average Bonchev–Trinajstić information content (AvgIpc) is 3.06. The van der Waals surface area contributed by atoms with Crippen molar-refractivity contribution in [2.45, 2.75) is 32.2 Å². The van der Waals surface area contributed by atoms with E-state index < -0.39 is 0 Å². The van der Waals surface area contributed by atoms with Gasteiger partial charge in [0.05, 0.1) is 0 Å². The molecule has 0 aliphatic carbocycles. The summed E-state index contributed by atoms with van der Waals surface area (Å²) in [6, 6.07) is 8.84. The molecule has 0 spiro atoms. The van der Waals surface area contributed by atoms with Gasteiger partial charge in [0.1, 0.15) is 0 Å². The number of fused-ring (bicyclic) bond motifs is 1. The first-order valence-electron chi connectivity index (χ1n) is 8.15. The van der Waals surface area contributed by atoms with Crippen LogP contribution >= 0.6 is 0 Å². The maximum atomic E-state index is 11.9. The minimum Gasteiger partial charge on any atom is -0.338 e. The monoisotopic (exact) mass is 287 g/mol. The molecule has 0 radical (unpaired) electrons. The number of rotatable bonds is 4. The topological polar surface area (TPSA) is 35.6 Å². The van der Waals surface area contributed by atoms with E-state index in [1.807, 2.05) is 4.90 Å². The van der Waals surface area contributed by atoms with E-state index >= 15 is 0 Å². The van der Waals surface area contributed by atoms with Gasteiger partial charge in [-0.25, -0.2) is 4.79 Å². The van der Waals surface area contributed by atoms with Gasteiger partial charge in [-0.05, 0) is 36.8 Å². The molecule has 0 aromatic heterocycles. The number of nitrogens with one attached hydrogen (secondary N) is 1. The van der Waals surface area contributed by atoms with Crippen molar-refractivity contribution in [2.24, 2.45) is 0 Å². The van der Waals surface area contributed by atoms with E-state index in [1.54, 1.807) is 0 Å². The summed E-state index contributed by atoms with van der Waals surface area (Å²) in [6.07, 6.45) is 4.49. The quantitative estimate of drug-likeness (QED) is 0.862. The van der Waals surface area contributed by atoms with E-state index in [0.29, 0.717) is 0 Å². The van der Waals surface area contributed by atoms with Crippen molar-refractivity contribution in [2.75, 3.05) is 32.7 Å². The van der Waals surface area contributed by atoms with E-state index in [1.165, 1.54) is 11.1 Å². The molecule has 2 heterocycles. The lowest BCUT2D eigenvalue weighted by Gasteiger charge is -2.28. The Labute approximate surface area is 127 Å². The van der Waals surface area contributed by atoms with Gasteiger partial charge in [0.2, 0.25) is 0 Å². The molecule has 0 atom stereocenters. The fraction of sp³-hybridized carbons (Fsp3) is 0.588. The minimum absolute atomic E-state index is 0.122. The van der Waals surface area contributed by atoms with Crippen LogP contribution in [0.4, 0.5) is 4.79 Å². The third-order valence-corrected chi connectivity index (χ3v) is 4.53. The highest BCUT2D eigenvalue weighted by Gasteiger charge is 2.18. The second-order valence-electron chi connectivity index (χ2n) is 6.07. The summed E-state index contributed by atoms with van der Waals surface area (Å²) in [4.78, 5) is 16.3. The van der Waals surface area contributed by atoms with Crippen LogP contribution in [0.5, 0.6) is 0 Å². The van der Waals surface area contributed by atoms with Crippen LogP contribution in [0.3, 0.4) is 0 Å². The van der Waals surface area contributed by atoms with Crippen LogP contribution in [-0.4, -0.2) is 48.6 Å². The van der Waals surface area contributed by atoms with E-state index in [2.05, 4.69) is 34.5 Å². The first kappa shape index (κ1) is 14.4. The molecule has 4 nitrogen and oxygen atoms in total. The average molecular weight is 287 g/mol. The Bertz CT molecular complexity index is 483. The number of urea groups is 1. The fourth-order valence-electron chi connectivity index (χ4n) is 3.28. The molecule has 0 saturated carbocycles. The highest BCUT2D eigenvalue weighted by molar-refractivity contribution is 5.74. The van der Waals surface area contributed by atoms with Crippen molar-refractivity contribution in [3.8, 4) is 0 Å². The molecule has 21 heavy (non-hydrogen) atoms. The van der Waals surface area contributed by atoms with Crippen LogP contribution in [0, 0.1) is 0 Å². The van der Waals surface area contributed by atoms with E-state index in [-0.39, 0.29) is 6.03 Å². The lowest BCUT2D eigenvalue weighted by atomic mass is 10.00. The Morgan fingerprint density at radius 2 is 1.86 bits per heavy atom. The van der Waals surface area contributed by atoms with Crippen LogP contribution in [0.25, 0.3) is 0 Å². The van der Waals surface area contributed by atoms with Crippen molar-refractivity contribution in [3.63, 3.8) is 0 Å². The summed E-state index contributed by atoms with van der Waals surface area (Å²) in [5.74, 6) is 0. The number of hydrogen-bond acceptors (Lipinski definition) is 2. The summed E-state index contributed by atoms with van der Waals surface area (Å²) < 4.78 is 0. The predicted molar refractivity (Wildman–Crippen MR) is 84.2 cm³/mol. The van der Waals surface area contributed by atoms with E-state index in [4.69, 9.17) is 0 Å². The van der Waals surface area contributed by atoms with Gasteiger partial charge in [-0.3, -0.25) is 4.90 Å². The molecule has 0 bridgehead atoms. The summed E-state index contributed by atoms with van der Waals surface area (Å²) in [5.41, 5.74) is 2.96. The number of carbonyl (C=O) groups excluding carboxylic acids is 1. The molecule has 114 valence electrons. The second kappa shape index (κ2) is 6.94. The highest BCUT2D eigenvalue weighted by Crippen LogP contribution is 2.18. The van der Waals surface area contributed by atoms with Gasteiger partial charge in [0.15, 0.2) is 0 Å². The van der Waals surface area contributed by atoms with Gasteiger partial charge < -0.3 is 10.2 Å². The fourth-order valence-corrected chi connectivity index (χ4v) is 3.28. The van der Waals surface area contributed by atoms with Gasteiger partial charge in [-0.15, -0.1) is 0 Å². The maximum Gasteiger partial charge on any atom is 0.317 e. The molecular formula is C17H25N3O. The Kier molecular flexibility index (Phi) is 4.76. The Morgan fingerprint density at radius 1 is 1.10 bits per heavy atom. The molecule has 1 N–H and O–H groups in total. The van der Waals surface area contributed by atoms with Gasteiger partial charge in [-0.2, -0.15) is 0 Å². The molecule has 0 unspecified atom stereocenters. The molecule has 2 aliphatic heterocycles. The van der Waals surface area contributed by atoms with Crippen LogP contribution < -0.4 is 5.32 Å². The first-order chi connectivity index (χ1) is 10.3. The summed E-state index contributed by atoms with van der Waals surface area (Å²) >= 11 is 0. The van der Waals surface area contributed by atoms with E-state index in [0.717, 1.165) is 65.0 Å². The largest absolute Gasteiger partial charge is 0.338 e. The lowest BCUT2D eigenvalue weighted by molar-refractivity contribution is 0.206. The smallest absolute Gasteiger partial charge is 0.317 e. The summed E-state index contributed by atoms with van der Waals surface area (Å²) in [6.45, 7) is 5.89. The standard InChI is InChI=1S/C17H25N3O/c21-17(20-11-3-4-12-20)18-9-5-10-19-13-8-15-6-1-2-7-16(15)14-19/h1-2,6-7H,3-5,8-14H2,(H,18,21). The van der Waals surface area contributed by atoms with Crippen molar-refractivity contribution >= 4 is 6.03 Å². The van der Waals surface area contributed by atoms with Crippen LogP contribution in [0.2, 0.25) is 0 Å². The molecule has 1 aromatic rings. The highest BCUT2D eigenvalue weighted by atomic mass is 16.2. The first-order valence-corrected chi connectivity index (χ1v) is 8.15. The minimum atomic E-state index is 0.122. The number of nitrogens with zero attached hydrogens (tertiary/aromatic N) is 2. The Hall–Kier alpha value is -1.55. The SMILES string of the molecule is O=C(NCCCN1CCc2ccccc2C1)N1CCCC1. The molecule has 3 rings (SSSR count). The number of likely N-dealkylation sites (tertiary alicyclic amines) is 1. The van der Waals surface area contributed by atoms with Crippen LogP contribution in [0.1, 0.15) is 30.4 Å². The molecule has 1 fully saturated rings. The van der Waals surface area contributed by atoms with E-state index in [9.17, 15) is 4.79 Å². The van der Waals surface area contributed by atoms with Gasteiger partial charge in [0.25, 0.3) is 0 Å². The zero-order valence-electron chi connectivity index (χ0n) is 12.7. The number of benzene rings is 1. The Balaban J connectivity index is 1.36. The lowest BCUT2D eigenvalue weighted by Crippen LogP contribution is -2.39. The zero-order chi connectivity index (χ0) is 14.5. The zero-order valence-corrected chi connectivity index (χ0v) is 12.7. The molecule has 1 aromatic carbocycles. The third kappa shape index (κ3) is 3.76. The van der Waals surface area contributed by atoms with Gasteiger partial charge in [-0.1, -0.05) is 24.3 Å². The van der Waals surface area contributed by atoms with Crippen molar-refractivity contribution in [3.05, 3.63) is 35.4 Å². The number of hydrogen-bond donors (Lipinski definition) is 1. The van der Waals surface area contributed by atoms with Gasteiger partial charge >= 0.3 is 6.03 Å².